The van der Waals surface area contributed by atoms with Gasteiger partial charge in [0.2, 0.25) is 0 Å². The Morgan fingerprint density at radius 2 is 2.04 bits per heavy atom. The summed E-state index contributed by atoms with van der Waals surface area (Å²) in [6, 6.07) is 8.46. The first kappa shape index (κ1) is 18.1. The quantitative estimate of drug-likeness (QED) is 0.856. The minimum Gasteiger partial charge on any atom is -0.396 e. The van der Waals surface area contributed by atoms with Crippen LogP contribution in [0.2, 0.25) is 0 Å². The van der Waals surface area contributed by atoms with E-state index in [4.69, 9.17) is 5.11 Å². The average molecular weight is 345 g/mol. The number of carbonyl (C=O) groups excluding carboxylic acids is 1. The molecule has 0 aliphatic carbocycles. The van der Waals surface area contributed by atoms with E-state index in [-0.39, 0.29) is 18.7 Å². The van der Waals surface area contributed by atoms with Gasteiger partial charge in [0.1, 0.15) is 0 Å². The molecule has 0 radical (unpaired) electrons. The van der Waals surface area contributed by atoms with Crippen LogP contribution in [0.25, 0.3) is 0 Å². The molecule has 2 aliphatic rings. The number of nitrogens with one attached hydrogen (secondary N) is 1. The molecule has 1 atom stereocenters. The molecule has 0 spiro atoms. The van der Waals surface area contributed by atoms with E-state index in [1.807, 2.05) is 17.0 Å². The molecule has 5 nitrogen and oxygen atoms in total. The zero-order valence-electron chi connectivity index (χ0n) is 15.3. The highest BCUT2D eigenvalue weighted by molar-refractivity contribution is 5.90. The molecule has 2 saturated heterocycles. The van der Waals surface area contributed by atoms with Gasteiger partial charge in [-0.05, 0) is 62.6 Å². The van der Waals surface area contributed by atoms with Crippen LogP contribution in [0, 0.1) is 5.92 Å². The number of likely N-dealkylation sites (tertiary alicyclic amines) is 1. The third-order valence-corrected chi connectivity index (χ3v) is 5.58. The van der Waals surface area contributed by atoms with Gasteiger partial charge < -0.3 is 20.2 Å². The van der Waals surface area contributed by atoms with Crippen LogP contribution < -0.4 is 10.2 Å². The molecule has 3 rings (SSSR count). The van der Waals surface area contributed by atoms with E-state index < -0.39 is 0 Å². The fourth-order valence-corrected chi connectivity index (χ4v) is 3.97. The topological polar surface area (TPSA) is 55.8 Å². The SMILES string of the molecule is CC1CCN(c2cccc(NC(=O)N3CCC[C@@H]3CCCO)c2)CC1. The molecule has 0 saturated carbocycles. The maximum Gasteiger partial charge on any atom is 0.322 e. The van der Waals surface area contributed by atoms with Crippen molar-refractivity contribution in [3.63, 3.8) is 0 Å². The highest BCUT2D eigenvalue weighted by Crippen LogP contribution is 2.26. The summed E-state index contributed by atoms with van der Waals surface area (Å²) in [4.78, 5) is 17.0. The standard InChI is InChI=1S/C20H31N3O2/c1-16-9-12-22(13-10-16)19-6-2-5-17(15-19)21-20(25)23-11-3-7-18(23)8-4-14-24/h2,5-6,15-16,18,24H,3-4,7-14H2,1H3,(H,21,25)/t18-/m1/s1. The van der Waals surface area contributed by atoms with E-state index in [2.05, 4.69) is 29.3 Å². The minimum atomic E-state index is -0.00939. The van der Waals surface area contributed by atoms with Crippen molar-refractivity contribution in [2.75, 3.05) is 36.5 Å². The van der Waals surface area contributed by atoms with Crippen molar-refractivity contribution in [2.24, 2.45) is 5.92 Å². The normalized spacial score (nSPS) is 21.6. The Balaban J connectivity index is 1.60. The molecule has 2 heterocycles. The minimum absolute atomic E-state index is 0.00939. The lowest BCUT2D eigenvalue weighted by atomic mass is 9.99. The summed E-state index contributed by atoms with van der Waals surface area (Å²) in [7, 11) is 0. The first-order valence-electron chi connectivity index (χ1n) is 9.71. The largest absolute Gasteiger partial charge is 0.396 e. The predicted octanol–water partition coefficient (Wildman–Crippen LogP) is 3.69. The summed E-state index contributed by atoms with van der Waals surface area (Å²) in [5.41, 5.74) is 2.07. The number of nitrogens with zero attached hydrogens (tertiary/aromatic N) is 2. The Morgan fingerprint density at radius 3 is 2.80 bits per heavy atom. The maximum atomic E-state index is 12.7. The number of piperidine rings is 1. The van der Waals surface area contributed by atoms with E-state index >= 15 is 0 Å². The Hall–Kier alpha value is -1.75. The summed E-state index contributed by atoms with van der Waals surface area (Å²) in [6.07, 6.45) is 6.20. The zero-order valence-corrected chi connectivity index (χ0v) is 15.3. The lowest BCUT2D eigenvalue weighted by Gasteiger charge is -2.32. The molecular weight excluding hydrogens is 314 g/mol. The second-order valence-electron chi connectivity index (χ2n) is 7.51. The van der Waals surface area contributed by atoms with Gasteiger partial charge in [-0.1, -0.05) is 13.0 Å². The summed E-state index contributed by atoms with van der Waals surface area (Å²) < 4.78 is 0. The summed E-state index contributed by atoms with van der Waals surface area (Å²) in [5.74, 6) is 0.810. The van der Waals surface area contributed by atoms with Gasteiger partial charge in [-0.2, -0.15) is 0 Å². The lowest BCUT2D eigenvalue weighted by molar-refractivity contribution is 0.197. The van der Waals surface area contributed by atoms with Gasteiger partial charge >= 0.3 is 6.03 Å². The number of rotatable bonds is 5. The third kappa shape index (κ3) is 4.66. The van der Waals surface area contributed by atoms with Crippen molar-refractivity contribution < 1.29 is 9.90 Å². The van der Waals surface area contributed by atoms with Crippen LogP contribution in [0.15, 0.2) is 24.3 Å². The predicted molar refractivity (Wildman–Crippen MR) is 102 cm³/mol. The highest BCUT2D eigenvalue weighted by atomic mass is 16.3. The fraction of sp³-hybridized carbons (Fsp3) is 0.650. The van der Waals surface area contributed by atoms with Gasteiger partial charge in [-0.15, -0.1) is 0 Å². The second-order valence-corrected chi connectivity index (χ2v) is 7.51. The van der Waals surface area contributed by atoms with Crippen LogP contribution in [-0.4, -0.2) is 48.3 Å². The molecule has 2 N–H and O–H groups in total. The van der Waals surface area contributed by atoms with Crippen molar-refractivity contribution in [2.45, 2.75) is 51.5 Å². The fourth-order valence-electron chi connectivity index (χ4n) is 3.97. The van der Waals surface area contributed by atoms with Gasteiger partial charge in [0.05, 0.1) is 0 Å². The van der Waals surface area contributed by atoms with Gasteiger partial charge in [-0.25, -0.2) is 4.79 Å². The number of aliphatic hydroxyl groups excluding tert-OH is 1. The Kier molecular flexibility index (Phi) is 6.19. The molecule has 1 aromatic rings. The number of hydrogen-bond donors (Lipinski definition) is 2. The van der Waals surface area contributed by atoms with Crippen molar-refractivity contribution >= 4 is 17.4 Å². The molecule has 1 aromatic carbocycles. The molecule has 5 heteroatoms. The summed E-state index contributed by atoms with van der Waals surface area (Å²) in [5, 5.41) is 12.1. The van der Waals surface area contributed by atoms with Crippen molar-refractivity contribution in [1.82, 2.24) is 4.90 Å². The molecule has 0 unspecified atom stereocenters. The smallest absolute Gasteiger partial charge is 0.322 e. The second kappa shape index (κ2) is 8.56. The van der Waals surface area contributed by atoms with Crippen molar-refractivity contribution in [3.05, 3.63) is 24.3 Å². The van der Waals surface area contributed by atoms with Gasteiger partial charge in [0.25, 0.3) is 0 Å². The van der Waals surface area contributed by atoms with Crippen LogP contribution in [0.5, 0.6) is 0 Å². The van der Waals surface area contributed by atoms with E-state index in [0.717, 1.165) is 56.9 Å². The van der Waals surface area contributed by atoms with Crippen molar-refractivity contribution in [3.8, 4) is 0 Å². The number of anilines is 2. The van der Waals surface area contributed by atoms with E-state index in [1.165, 1.54) is 18.5 Å². The van der Waals surface area contributed by atoms with E-state index in [0.29, 0.717) is 0 Å². The van der Waals surface area contributed by atoms with Crippen LogP contribution in [-0.2, 0) is 0 Å². The monoisotopic (exact) mass is 345 g/mol. The Morgan fingerprint density at radius 1 is 1.24 bits per heavy atom. The Bertz CT molecular complexity index is 570. The summed E-state index contributed by atoms with van der Waals surface area (Å²) >= 11 is 0. The number of aliphatic hydroxyl groups is 1. The van der Waals surface area contributed by atoms with Gasteiger partial charge in [0, 0.05) is 43.7 Å². The average Bonchev–Trinajstić information content (AvgIpc) is 3.09. The number of benzene rings is 1. The van der Waals surface area contributed by atoms with E-state index in [9.17, 15) is 4.79 Å². The molecule has 0 bridgehead atoms. The summed E-state index contributed by atoms with van der Waals surface area (Å²) in [6.45, 7) is 5.51. The van der Waals surface area contributed by atoms with Crippen LogP contribution >= 0.6 is 0 Å². The third-order valence-electron chi connectivity index (χ3n) is 5.58. The van der Waals surface area contributed by atoms with Gasteiger partial charge in [0.15, 0.2) is 0 Å². The molecule has 138 valence electrons. The zero-order chi connectivity index (χ0) is 17.6. The molecule has 2 aliphatic heterocycles. The first-order valence-corrected chi connectivity index (χ1v) is 9.71. The van der Waals surface area contributed by atoms with Crippen molar-refractivity contribution in [1.29, 1.82) is 0 Å². The highest BCUT2D eigenvalue weighted by Gasteiger charge is 2.28. The first-order chi connectivity index (χ1) is 12.2. The van der Waals surface area contributed by atoms with Crippen LogP contribution in [0.3, 0.4) is 0 Å². The maximum absolute atomic E-state index is 12.7. The molecule has 25 heavy (non-hydrogen) atoms. The number of carbonyl (C=O) groups is 1. The number of amides is 2. The van der Waals surface area contributed by atoms with Crippen LogP contribution in [0.1, 0.15) is 45.4 Å². The number of hydrogen-bond acceptors (Lipinski definition) is 3. The molecule has 2 fully saturated rings. The van der Waals surface area contributed by atoms with E-state index in [1.54, 1.807) is 0 Å². The Labute approximate surface area is 151 Å². The molecular formula is C20H31N3O2. The number of urea groups is 1. The van der Waals surface area contributed by atoms with Crippen LogP contribution in [0.4, 0.5) is 16.2 Å². The molecule has 0 aromatic heterocycles. The molecule has 2 amide bonds. The van der Waals surface area contributed by atoms with Gasteiger partial charge in [-0.3, -0.25) is 0 Å². The lowest BCUT2D eigenvalue weighted by Crippen LogP contribution is -2.38.